The quantitative estimate of drug-likeness (QED) is 0.399. The van der Waals surface area contributed by atoms with Gasteiger partial charge in [-0.3, -0.25) is 4.79 Å². The number of hydrogen-bond acceptors (Lipinski definition) is 6. The minimum Gasteiger partial charge on any atom is -0.494 e. The molecular weight excluding hydrogens is 448 g/mol. The van der Waals surface area contributed by atoms with Crippen LogP contribution in [-0.4, -0.2) is 43.9 Å². The van der Waals surface area contributed by atoms with Gasteiger partial charge in [0, 0.05) is 36.0 Å². The van der Waals surface area contributed by atoms with Crippen LogP contribution >= 0.6 is 22.9 Å². The molecule has 0 spiro atoms. The van der Waals surface area contributed by atoms with Crippen molar-refractivity contribution in [1.82, 2.24) is 4.98 Å². The van der Waals surface area contributed by atoms with E-state index in [2.05, 4.69) is 0 Å². The maximum atomic E-state index is 12.9. The smallest absolute Gasteiger partial charge is 0.267 e. The Morgan fingerprint density at radius 1 is 1.19 bits per heavy atom. The summed E-state index contributed by atoms with van der Waals surface area (Å²) >= 11 is 7.52. The zero-order valence-corrected chi connectivity index (χ0v) is 19.6. The lowest BCUT2D eigenvalue weighted by Gasteiger charge is -2.33. The topological polar surface area (TPSA) is 60.9 Å². The summed E-state index contributed by atoms with van der Waals surface area (Å²) in [6.45, 7) is 3.44. The number of ether oxygens (including phenoxy) is 3. The number of carbonyl (C=O) groups excluding carboxylic acids is 1. The zero-order valence-electron chi connectivity index (χ0n) is 18.0. The Morgan fingerprint density at radius 2 is 2.00 bits per heavy atom. The van der Waals surface area contributed by atoms with Gasteiger partial charge in [-0.15, -0.1) is 11.3 Å². The van der Waals surface area contributed by atoms with E-state index in [1.54, 1.807) is 42.4 Å². The van der Waals surface area contributed by atoms with E-state index in [9.17, 15) is 4.79 Å². The van der Waals surface area contributed by atoms with E-state index in [0.29, 0.717) is 37.0 Å². The van der Waals surface area contributed by atoms with Gasteiger partial charge >= 0.3 is 0 Å². The fourth-order valence-corrected chi connectivity index (χ4v) is 4.40. The second kappa shape index (κ2) is 10.3. The van der Waals surface area contributed by atoms with Crippen molar-refractivity contribution in [1.29, 1.82) is 0 Å². The molecule has 0 radical (unpaired) electrons. The first-order valence-corrected chi connectivity index (χ1v) is 11.7. The molecule has 1 atom stereocenters. The number of methoxy groups -OCH3 is 1. The number of thiazole rings is 1. The maximum Gasteiger partial charge on any atom is 0.267 e. The van der Waals surface area contributed by atoms with E-state index in [1.165, 1.54) is 0 Å². The molecule has 0 saturated carbocycles. The van der Waals surface area contributed by atoms with Gasteiger partial charge < -0.3 is 19.1 Å². The summed E-state index contributed by atoms with van der Waals surface area (Å²) in [5, 5.41) is 3.73. The Kier molecular flexibility index (Phi) is 7.29. The van der Waals surface area contributed by atoms with Gasteiger partial charge in [-0.1, -0.05) is 11.6 Å². The normalized spacial score (nSPS) is 15.4. The van der Waals surface area contributed by atoms with Crippen LogP contribution in [0.4, 0.5) is 5.69 Å². The first-order chi connectivity index (χ1) is 15.5. The van der Waals surface area contributed by atoms with Crippen molar-refractivity contribution in [3.05, 3.63) is 57.9 Å². The van der Waals surface area contributed by atoms with Crippen LogP contribution in [-0.2, 0) is 16.0 Å². The van der Waals surface area contributed by atoms with E-state index in [1.807, 2.05) is 35.7 Å². The molecule has 3 aromatic rings. The van der Waals surface area contributed by atoms with Gasteiger partial charge in [0.1, 0.15) is 11.5 Å². The van der Waals surface area contributed by atoms with Crippen LogP contribution < -0.4 is 14.4 Å². The van der Waals surface area contributed by atoms with Crippen LogP contribution in [0.25, 0.3) is 11.3 Å². The van der Waals surface area contributed by atoms with Crippen LogP contribution in [0.1, 0.15) is 18.4 Å². The van der Waals surface area contributed by atoms with Gasteiger partial charge in [0.2, 0.25) is 0 Å². The van der Waals surface area contributed by atoms with Gasteiger partial charge in [-0.25, -0.2) is 4.98 Å². The first kappa shape index (κ1) is 22.6. The van der Waals surface area contributed by atoms with Crippen LogP contribution in [0.2, 0.25) is 5.02 Å². The average Bonchev–Trinajstić information content (AvgIpc) is 3.27. The first-order valence-electron chi connectivity index (χ1n) is 10.5. The molecule has 1 aliphatic heterocycles. The number of hydrogen-bond donors (Lipinski definition) is 0. The second-order valence-corrected chi connectivity index (χ2v) is 8.84. The van der Waals surface area contributed by atoms with Gasteiger partial charge in [-0.2, -0.15) is 0 Å². The Morgan fingerprint density at radius 3 is 2.78 bits per heavy atom. The molecule has 0 bridgehead atoms. The summed E-state index contributed by atoms with van der Waals surface area (Å²) < 4.78 is 16.8. The molecule has 0 fully saturated rings. The Balaban J connectivity index is 1.47. The van der Waals surface area contributed by atoms with Crippen molar-refractivity contribution in [3.63, 3.8) is 0 Å². The Bertz CT molecular complexity index is 1070. The van der Waals surface area contributed by atoms with E-state index in [0.717, 1.165) is 34.1 Å². The second-order valence-electron chi connectivity index (χ2n) is 7.46. The van der Waals surface area contributed by atoms with E-state index in [4.69, 9.17) is 30.8 Å². The fraction of sp³-hybridized carbons (Fsp3) is 0.333. The molecular formula is C24H25ClN2O4S. The van der Waals surface area contributed by atoms with Crippen molar-refractivity contribution < 1.29 is 19.0 Å². The molecule has 0 aliphatic carbocycles. The molecule has 32 heavy (non-hydrogen) atoms. The Hall–Kier alpha value is -2.61. The number of rotatable bonds is 9. The number of amides is 1. The SMILES string of the molecule is COCCc1nc(-c2ccc3c(c2)N(CCCOc2ccc(Cl)cc2)C(=O)C(C)O3)cs1. The highest BCUT2D eigenvalue weighted by Gasteiger charge is 2.31. The monoisotopic (exact) mass is 472 g/mol. The highest BCUT2D eigenvalue weighted by atomic mass is 35.5. The molecule has 0 N–H and O–H groups in total. The highest BCUT2D eigenvalue weighted by Crippen LogP contribution is 2.38. The number of fused-ring (bicyclic) bond motifs is 1. The van der Waals surface area contributed by atoms with Crippen LogP contribution in [0.3, 0.4) is 0 Å². The maximum absolute atomic E-state index is 12.9. The standard InChI is InChI=1S/C24H25ClN2O4S/c1-16-24(28)27(11-3-12-30-19-7-5-18(25)6-8-19)21-14-17(4-9-22(21)31-16)20-15-32-23(26-20)10-13-29-2/h4-9,14-16H,3,10-13H2,1-2H3. The number of benzene rings is 2. The largest absolute Gasteiger partial charge is 0.494 e. The molecule has 1 unspecified atom stereocenters. The summed E-state index contributed by atoms with van der Waals surface area (Å²) in [4.78, 5) is 19.4. The fourth-order valence-electron chi connectivity index (χ4n) is 3.49. The van der Waals surface area contributed by atoms with Crippen LogP contribution in [0.5, 0.6) is 11.5 Å². The molecule has 1 amide bonds. The predicted octanol–water partition coefficient (Wildman–Crippen LogP) is 5.24. The molecule has 4 rings (SSSR count). The lowest BCUT2D eigenvalue weighted by atomic mass is 10.1. The average molecular weight is 473 g/mol. The van der Waals surface area contributed by atoms with Crippen molar-refractivity contribution >= 4 is 34.5 Å². The number of aromatic nitrogens is 1. The molecule has 8 heteroatoms. The van der Waals surface area contributed by atoms with Crippen LogP contribution in [0, 0.1) is 0 Å². The third-order valence-electron chi connectivity index (χ3n) is 5.14. The number of anilines is 1. The third-order valence-corrected chi connectivity index (χ3v) is 6.30. The molecule has 0 saturated heterocycles. The summed E-state index contributed by atoms with van der Waals surface area (Å²) in [6.07, 6.45) is 0.943. The molecule has 2 aromatic carbocycles. The number of nitrogens with zero attached hydrogens (tertiary/aromatic N) is 2. The molecule has 6 nitrogen and oxygen atoms in total. The number of carbonyl (C=O) groups is 1. The van der Waals surface area contributed by atoms with E-state index in [-0.39, 0.29) is 5.91 Å². The summed E-state index contributed by atoms with van der Waals surface area (Å²) in [5.74, 6) is 1.40. The molecule has 168 valence electrons. The lowest BCUT2D eigenvalue weighted by molar-refractivity contribution is -0.125. The Labute approximate surface area is 196 Å². The number of halogens is 1. The summed E-state index contributed by atoms with van der Waals surface area (Å²) in [6, 6.07) is 13.1. The summed E-state index contributed by atoms with van der Waals surface area (Å²) in [5.41, 5.74) is 2.61. The van der Waals surface area contributed by atoms with E-state index >= 15 is 0 Å². The van der Waals surface area contributed by atoms with Crippen molar-refractivity contribution in [2.24, 2.45) is 0 Å². The zero-order chi connectivity index (χ0) is 22.5. The molecule has 1 aromatic heterocycles. The lowest BCUT2D eigenvalue weighted by Crippen LogP contribution is -2.45. The van der Waals surface area contributed by atoms with Gasteiger partial charge in [-0.05, 0) is 55.8 Å². The van der Waals surface area contributed by atoms with Gasteiger partial charge in [0.05, 0.1) is 29.6 Å². The van der Waals surface area contributed by atoms with Crippen molar-refractivity contribution in [3.8, 4) is 22.8 Å². The summed E-state index contributed by atoms with van der Waals surface area (Å²) in [7, 11) is 1.69. The predicted molar refractivity (Wildman–Crippen MR) is 127 cm³/mol. The molecule has 2 heterocycles. The van der Waals surface area contributed by atoms with Gasteiger partial charge in [0.15, 0.2) is 6.10 Å². The highest BCUT2D eigenvalue weighted by molar-refractivity contribution is 7.09. The van der Waals surface area contributed by atoms with Crippen molar-refractivity contribution in [2.45, 2.75) is 25.9 Å². The van der Waals surface area contributed by atoms with Crippen LogP contribution in [0.15, 0.2) is 47.8 Å². The van der Waals surface area contributed by atoms with Crippen molar-refractivity contribution in [2.75, 3.05) is 31.8 Å². The van der Waals surface area contributed by atoms with Gasteiger partial charge in [0.25, 0.3) is 5.91 Å². The minimum absolute atomic E-state index is 0.0554. The third kappa shape index (κ3) is 5.23. The van der Waals surface area contributed by atoms with E-state index < -0.39 is 6.10 Å². The molecule has 1 aliphatic rings. The minimum atomic E-state index is -0.523.